The molecule has 1 aromatic heterocycles. The van der Waals surface area contributed by atoms with Gasteiger partial charge in [0.2, 0.25) is 0 Å². The number of rotatable bonds is 6. The minimum atomic E-state index is -3.48. The van der Waals surface area contributed by atoms with Gasteiger partial charge in [0.1, 0.15) is 5.75 Å². The standard InChI is InChI=1S/C22H22Cl2N2O3S2/c1-29-19-4-2-3-15(10-19)9-18-14-30-22(25-18)26-7-5-20(6-8-26)31(27,28)21-12-16(23)11-17(24)13-21/h2-4,10-14,20H,5-9H2,1H3. The Bertz CT molecular complexity index is 1150. The maximum atomic E-state index is 13.0. The van der Waals surface area contributed by atoms with E-state index in [1.807, 2.05) is 18.2 Å². The largest absolute Gasteiger partial charge is 0.497 e. The van der Waals surface area contributed by atoms with Crippen molar-refractivity contribution in [2.45, 2.75) is 29.4 Å². The summed E-state index contributed by atoms with van der Waals surface area (Å²) >= 11 is 13.6. The molecule has 1 aliphatic rings. The van der Waals surface area contributed by atoms with Crippen molar-refractivity contribution < 1.29 is 13.2 Å². The Labute approximate surface area is 196 Å². The van der Waals surface area contributed by atoms with E-state index in [0.717, 1.165) is 28.6 Å². The highest BCUT2D eigenvalue weighted by Gasteiger charge is 2.32. The van der Waals surface area contributed by atoms with E-state index in [1.54, 1.807) is 18.4 Å². The first-order valence-corrected chi connectivity index (χ1v) is 13.1. The predicted molar refractivity (Wildman–Crippen MR) is 127 cm³/mol. The van der Waals surface area contributed by atoms with Gasteiger partial charge in [-0.15, -0.1) is 11.3 Å². The Morgan fingerprint density at radius 3 is 2.52 bits per heavy atom. The van der Waals surface area contributed by atoms with Crippen LogP contribution >= 0.6 is 34.5 Å². The molecule has 1 saturated heterocycles. The number of aromatic nitrogens is 1. The zero-order valence-corrected chi connectivity index (χ0v) is 20.1. The van der Waals surface area contributed by atoms with E-state index in [0.29, 0.717) is 36.0 Å². The molecular weight excluding hydrogens is 475 g/mol. The van der Waals surface area contributed by atoms with Crippen molar-refractivity contribution in [3.05, 3.63) is 69.1 Å². The van der Waals surface area contributed by atoms with Crippen molar-refractivity contribution in [2.75, 3.05) is 25.1 Å². The average Bonchev–Trinajstić information content (AvgIpc) is 3.21. The van der Waals surface area contributed by atoms with Gasteiger partial charge in [0.15, 0.2) is 15.0 Å². The van der Waals surface area contributed by atoms with E-state index >= 15 is 0 Å². The highest BCUT2D eigenvalue weighted by Crippen LogP contribution is 2.31. The van der Waals surface area contributed by atoms with Crippen LogP contribution in [0.4, 0.5) is 5.13 Å². The molecule has 4 rings (SSSR count). The van der Waals surface area contributed by atoms with Crippen molar-refractivity contribution in [1.82, 2.24) is 4.98 Å². The number of sulfone groups is 1. The first kappa shape index (κ1) is 22.4. The third-order valence-corrected chi connectivity index (χ3v) is 9.00. The molecule has 9 heteroatoms. The lowest BCUT2D eigenvalue weighted by Crippen LogP contribution is -2.39. The molecule has 0 saturated carbocycles. The average molecular weight is 497 g/mol. The predicted octanol–water partition coefficient (Wildman–Crippen LogP) is 5.49. The normalized spacial score (nSPS) is 15.3. The topological polar surface area (TPSA) is 59.5 Å². The number of hydrogen-bond donors (Lipinski definition) is 0. The van der Waals surface area contributed by atoms with Crippen LogP contribution in [-0.2, 0) is 16.3 Å². The summed E-state index contributed by atoms with van der Waals surface area (Å²) in [6.07, 6.45) is 1.81. The van der Waals surface area contributed by atoms with Crippen molar-refractivity contribution in [3.8, 4) is 5.75 Å². The third-order valence-electron chi connectivity index (χ3n) is 5.37. The van der Waals surface area contributed by atoms with Gasteiger partial charge in [-0.1, -0.05) is 35.3 Å². The quantitative estimate of drug-likeness (QED) is 0.451. The Morgan fingerprint density at radius 2 is 1.84 bits per heavy atom. The number of hydrogen-bond acceptors (Lipinski definition) is 6. The lowest BCUT2D eigenvalue weighted by atomic mass is 10.1. The van der Waals surface area contributed by atoms with Gasteiger partial charge in [-0.05, 0) is 48.7 Å². The smallest absolute Gasteiger partial charge is 0.185 e. The maximum absolute atomic E-state index is 13.0. The molecule has 1 aliphatic heterocycles. The monoisotopic (exact) mass is 496 g/mol. The number of benzene rings is 2. The Kier molecular flexibility index (Phi) is 6.77. The summed E-state index contributed by atoms with van der Waals surface area (Å²) in [5.41, 5.74) is 2.14. The van der Waals surface area contributed by atoms with Gasteiger partial charge >= 0.3 is 0 Å². The summed E-state index contributed by atoms with van der Waals surface area (Å²) < 4.78 is 31.4. The second-order valence-corrected chi connectivity index (χ2v) is 11.4. The van der Waals surface area contributed by atoms with E-state index in [-0.39, 0.29) is 4.90 Å². The van der Waals surface area contributed by atoms with Crippen LogP contribution in [0.1, 0.15) is 24.1 Å². The second kappa shape index (κ2) is 9.36. The summed E-state index contributed by atoms with van der Waals surface area (Å²) in [5, 5.41) is 3.20. The fraction of sp³-hybridized carbons (Fsp3) is 0.318. The van der Waals surface area contributed by atoms with Gasteiger partial charge < -0.3 is 9.64 Å². The van der Waals surface area contributed by atoms with E-state index in [2.05, 4.69) is 16.3 Å². The van der Waals surface area contributed by atoms with E-state index in [1.165, 1.54) is 18.2 Å². The molecule has 0 atom stereocenters. The van der Waals surface area contributed by atoms with Crippen molar-refractivity contribution in [1.29, 1.82) is 0 Å². The SMILES string of the molecule is COc1cccc(Cc2csc(N3CCC(S(=O)(=O)c4cc(Cl)cc(Cl)c4)CC3)n2)c1. The molecular formula is C22H22Cl2N2O3S2. The lowest BCUT2D eigenvalue weighted by Gasteiger charge is -2.31. The molecule has 0 N–H and O–H groups in total. The number of thiazole rings is 1. The van der Waals surface area contributed by atoms with Crippen LogP contribution < -0.4 is 9.64 Å². The zero-order valence-electron chi connectivity index (χ0n) is 16.9. The highest BCUT2D eigenvalue weighted by atomic mass is 35.5. The number of nitrogens with zero attached hydrogens (tertiary/aromatic N) is 2. The number of methoxy groups -OCH3 is 1. The van der Waals surface area contributed by atoms with Crippen LogP contribution in [0.5, 0.6) is 5.75 Å². The molecule has 0 amide bonds. The van der Waals surface area contributed by atoms with Crippen molar-refractivity contribution in [2.24, 2.45) is 0 Å². The minimum absolute atomic E-state index is 0.193. The Morgan fingerprint density at radius 1 is 1.13 bits per heavy atom. The first-order chi connectivity index (χ1) is 14.8. The minimum Gasteiger partial charge on any atom is -0.497 e. The highest BCUT2D eigenvalue weighted by molar-refractivity contribution is 7.92. The molecule has 2 heterocycles. The van der Waals surface area contributed by atoms with Crippen LogP contribution in [0, 0.1) is 0 Å². The summed E-state index contributed by atoms with van der Waals surface area (Å²) in [5.74, 6) is 0.831. The van der Waals surface area contributed by atoms with E-state index < -0.39 is 15.1 Å². The second-order valence-electron chi connectivity index (χ2n) is 7.49. The van der Waals surface area contributed by atoms with Gasteiger partial charge in [0.05, 0.1) is 22.9 Å². The third kappa shape index (κ3) is 5.17. The van der Waals surface area contributed by atoms with Crippen LogP contribution in [0.25, 0.3) is 0 Å². The number of ether oxygens (including phenoxy) is 1. The van der Waals surface area contributed by atoms with Crippen LogP contribution in [0.3, 0.4) is 0 Å². The van der Waals surface area contributed by atoms with Crippen molar-refractivity contribution in [3.63, 3.8) is 0 Å². The van der Waals surface area contributed by atoms with Gasteiger partial charge in [-0.25, -0.2) is 13.4 Å². The lowest BCUT2D eigenvalue weighted by molar-refractivity contribution is 0.414. The maximum Gasteiger partial charge on any atom is 0.185 e. The molecule has 0 bridgehead atoms. The van der Waals surface area contributed by atoms with Crippen LogP contribution in [-0.4, -0.2) is 38.9 Å². The van der Waals surface area contributed by atoms with E-state index in [4.69, 9.17) is 32.9 Å². The number of halogens is 2. The number of anilines is 1. The summed E-state index contributed by atoms with van der Waals surface area (Å²) in [7, 11) is -1.82. The molecule has 3 aromatic rings. The van der Waals surface area contributed by atoms with Gasteiger partial charge in [-0.2, -0.15) is 0 Å². The molecule has 5 nitrogen and oxygen atoms in total. The summed E-state index contributed by atoms with van der Waals surface area (Å²) in [6, 6.07) is 12.4. The molecule has 0 spiro atoms. The summed E-state index contributed by atoms with van der Waals surface area (Å²) in [4.78, 5) is 7.13. The van der Waals surface area contributed by atoms with Crippen molar-refractivity contribution >= 4 is 49.5 Å². The Hall–Kier alpha value is -1.80. The molecule has 0 radical (unpaired) electrons. The van der Waals surface area contributed by atoms with Gasteiger partial charge in [0.25, 0.3) is 0 Å². The fourth-order valence-electron chi connectivity index (χ4n) is 3.76. The Balaban J connectivity index is 1.41. The molecule has 0 unspecified atom stereocenters. The fourth-order valence-corrected chi connectivity index (χ4v) is 7.09. The van der Waals surface area contributed by atoms with E-state index in [9.17, 15) is 8.42 Å². The molecule has 164 valence electrons. The zero-order chi connectivity index (χ0) is 22.0. The van der Waals surface area contributed by atoms with Crippen LogP contribution in [0.15, 0.2) is 52.7 Å². The molecule has 1 fully saturated rings. The van der Waals surface area contributed by atoms with Gasteiger partial charge in [0, 0.05) is 34.9 Å². The van der Waals surface area contributed by atoms with Gasteiger partial charge in [-0.3, -0.25) is 0 Å². The van der Waals surface area contributed by atoms with Crippen LogP contribution in [0.2, 0.25) is 10.0 Å². The molecule has 0 aliphatic carbocycles. The first-order valence-electron chi connectivity index (χ1n) is 9.87. The summed E-state index contributed by atoms with van der Waals surface area (Å²) in [6.45, 7) is 1.29. The molecule has 2 aromatic carbocycles. The number of piperidine rings is 1. The molecule has 31 heavy (non-hydrogen) atoms.